The maximum Gasteiger partial charge on any atom is 0.268 e. The number of aromatic nitrogens is 1. The fraction of sp³-hybridized carbons (Fsp3) is 0.200. The molecule has 1 aliphatic rings. The Morgan fingerprint density at radius 3 is 2.62 bits per heavy atom. The van der Waals surface area contributed by atoms with Crippen LogP contribution in [-0.2, 0) is 11.8 Å². The maximum atomic E-state index is 13.1. The van der Waals surface area contributed by atoms with Gasteiger partial charge in [-0.25, -0.2) is 4.39 Å². The van der Waals surface area contributed by atoms with E-state index in [0.717, 1.165) is 10.9 Å². The lowest BCUT2D eigenvalue weighted by atomic mass is 10.2. The van der Waals surface area contributed by atoms with Gasteiger partial charge in [-0.3, -0.25) is 9.59 Å². The van der Waals surface area contributed by atoms with E-state index in [2.05, 4.69) is 5.32 Å². The largest absolute Gasteiger partial charge is 0.346 e. The van der Waals surface area contributed by atoms with Gasteiger partial charge in [0.15, 0.2) is 0 Å². The predicted octanol–water partition coefficient (Wildman–Crippen LogP) is 2.85. The Balaban J connectivity index is 1.50. The number of carbonyl (C=O) groups excluding carboxylic acids is 2. The zero-order chi connectivity index (χ0) is 18.3. The van der Waals surface area contributed by atoms with E-state index in [-0.39, 0.29) is 30.1 Å². The molecule has 5 nitrogen and oxygen atoms in total. The van der Waals surface area contributed by atoms with E-state index in [1.54, 1.807) is 17.0 Å². The Kier molecular flexibility index (Phi) is 3.95. The van der Waals surface area contributed by atoms with E-state index >= 15 is 0 Å². The molecule has 4 rings (SSSR count). The molecular formula is C20H18FN3O2. The van der Waals surface area contributed by atoms with E-state index in [9.17, 15) is 14.0 Å². The number of hydrogen-bond acceptors (Lipinski definition) is 2. The molecule has 0 saturated carbocycles. The van der Waals surface area contributed by atoms with E-state index in [4.69, 9.17) is 0 Å². The zero-order valence-corrected chi connectivity index (χ0v) is 14.3. The minimum absolute atomic E-state index is 0.0843. The molecule has 2 amide bonds. The Morgan fingerprint density at radius 2 is 1.88 bits per heavy atom. The lowest BCUT2D eigenvalue weighted by molar-refractivity contribution is -0.117. The number of carbonyl (C=O) groups is 2. The van der Waals surface area contributed by atoms with Gasteiger partial charge < -0.3 is 14.8 Å². The number of anilines is 1. The molecule has 0 spiro atoms. The number of rotatable bonds is 3. The normalized spacial score (nSPS) is 17.1. The number of fused-ring (bicyclic) bond motifs is 1. The Bertz CT molecular complexity index is 994. The highest BCUT2D eigenvalue weighted by Crippen LogP contribution is 2.23. The van der Waals surface area contributed by atoms with Crippen LogP contribution in [0.4, 0.5) is 10.1 Å². The van der Waals surface area contributed by atoms with E-state index < -0.39 is 0 Å². The van der Waals surface area contributed by atoms with Crippen LogP contribution >= 0.6 is 0 Å². The number of amides is 2. The molecule has 1 N–H and O–H groups in total. The molecule has 0 radical (unpaired) electrons. The van der Waals surface area contributed by atoms with Crippen LogP contribution in [0, 0.1) is 5.82 Å². The van der Waals surface area contributed by atoms with Crippen LogP contribution in [0.1, 0.15) is 16.9 Å². The molecule has 0 unspecified atom stereocenters. The first-order valence-corrected chi connectivity index (χ1v) is 8.44. The molecule has 0 aliphatic carbocycles. The smallest absolute Gasteiger partial charge is 0.268 e. The van der Waals surface area contributed by atoms with Crippen molar-refractivity contribution in [2.24, 2.45) is 7.05 Å². The van der Waals surface area contributed by atoms with Crippen LogP contribution in [0.3, 0.4) is 0 Å². The molecule has 2 heterocycles. The summed E-state index contributed by atoms with van der Waals surface area (Å²) in [5.41, 5.74) is 2.17. The minimum Gasteiger partial charge on any atom is -0.346 e. The molecule has 132 valence electrons. The number of para-hydroxylation sites is 1. The van der Waals surface area contributed by atoms with Crippen molar-refractivity contribution in [1.29, 1.82) is 0 Å². The quantitative estimate of drug-likeness (QED) is 0.789. The first kappa shape index (κ1) is 16.3. The van der Waals surface area contributed by atoms with Crippen LogP contribution in [0.25, 0.3) is 10.9 Å². The summed E-state index contributed by atoms with van der Waals surface area (Å²) in [4.78, 5) is 26.5. The second-order valence-corrected chi connectivity index (χ2v) is 6.50. The van der Waals surface area contributed by atoms with E-state index in [1.807, 2.05) is 41.9 Å². The fourth-order valence-electron chi connectivity index (χ4n) is 3.44. The summed E-state index contributed by atoms with van der Waals surface area (Å²) in [5, 5.41) is 3.94. The lowest BCUT2D eigenvalue weighted by Crippen LogP contribution is -2.37. The monoisotopic (exact) mass is 351 g/mol. The first-order chi connectivity index (χ1) is 12.5. The molecule has 6 heteroatoms. The third-order valence-electron chi connectivity index (χ3n) is 4.78. The zero-order valence-electron chi connectivity index (χ0n) is 14.3. The number of aryl methyl sites for hydroxylation is 1. The topological polar surface area (TPSA) is 54.3 Å². The summed E-state index contributed by atoms with van der Waals surface area (Å²) >= 11 is 0. The average molecular weight is 351 g/mol. The van der Waals surface area contributed by atoms with E-state index in [0.29, 0.717) is 17.9 Å². The molecule has 3 aromatic rings. The van der Waals surface area contributed by atoms with Crippen molar-refractivity contribution in [1.82, 2.24) is 9.88 Å². The van der Waals surface area contributed by atoms with Crippen LogP contribution in [0.2, 0.25) is 0 Å². The van der Waals surface area contributed by atoms with Gasteiger partial charge in [-0.1, -0.05) is 18.2 Å². The molecule has 26 heavy (non-hydrogen) atoms. The maximum absolute atomic E-state index is 13.1. The molecule has 2 aromatic carbocycles. The molecule has 1 atom stereocenters. The average Bonchev–Trinajstić information content (AvgIpc) is 3.16. The first-order valence-electron chi connectivity index (χ1n) is 8.44. The van der Waals surface area contributed by atoms with Crippen LogP contribution < -0.4 is 10.2 Å². The summed E-state index contributed by atoms with van der Waals surface area (Å²) < 4.78 is 14.9. The Labute approximate surface area is 150 Å². The van der Waals surface area contributed by atoms with E-state index in [1.165, 1.54) is 12.1 Å². The summed E-state index contributed by atoms with van der Waals surface area (Å²) in [6.45, 7) is 0.375. The molecule has 1 aliphatic heterocycles. The van der Waals surface area contributed by atoms with Crippen molar-refractivity contribution >= 4 is 28.4 Å². The van der Waals surface area contributed by atoms with Crippen LogP contribution in [0.15, 0.2) is 54.6 Å². The van der Waals surface area contributed by atoms with Gasteiger partial charge in [0.05, 0.1) is 6.04 Å². The summed E-state index contributed by atoms with van der Waals surface area (Å²) in [7, 11) is 1.85. The van der Waals surface area contributed by atoms with Gasteiger partial charge in [0.2, 0.25) is 5.91 Å². The second kappa shape index (κ2) is 6.29. The van der Waals surface area contributed by atoms with Gasteiger partial charge in [-0.15, -0.1) is 0 Å². The number of nitrogens with zero attached hydrogens (tertiary/aromatic N) is 2. The number of nitrogens with one attached hydrogen (secondary N) is 1. The Morgan fingerprint density at radius 1 is 1.15 bits per heavy atom. The van der Waals surface area contributed by atoms with Gasteiger partial charge in [0, 0.05) is 36.6 Å². The molecule has 1 fully saturated rings. The number of hydrogen-bond donors (Lipinski definition) is 1. The number of benzene rings is 2. The third-order valence-corrected chi connectivity index (χ3v) is 4.78. The lowest BCUT2D eigenvalue weighted by Gasteiger charge is -2.17. The number of halogens is 1. The van der Waals surface area contributed by atoms with Gasteiger partial charge >= 0.3 is 0 Å². The van der Waals surface area contributed by atoms with Crippen molar-refractivity contribution < 1.29 is 14.0 Å². The van der Waals surface area contributed by atoms with Crippen molar-refractivity contribution in [3.05, 3.63) is 66.1 Å². The summed E-state index contributed by atoms with van der Waals surface area (Å²) in [5.74, 6) is -0.637. The highest BCUT2D eigenvalue weighted by molar-refractivity contribution is 6.01. The van der Waals surface area contributed by atoms with Crippen molar-refractivity contribution in [2.45, 2.75) is 12.5 Å². The van der Waals surface area contributed by atoms with Crippen LogP contribution in [-0.4, -0.2) is 29.0 Å². The third kappa shape index (κ3) is 2.83. The SMILES string of the molecule is Cn1c(C(=O)N[C@@H]2CC(=O)N(c3ccc(F)cc3)C2)cc2ccccc21. The Hall–Kier alpha value is -3.15. The summed E-state index contributed by atoms with van der Waals surface area (Å²) in [6, 6.07) is 15.1. The highest BCUT2D eigenvalue weighted by Gasteiger charge is 2.32. The predicted molar refractivity (Wildman–Crippen MR) is 97.5 cm³/mol. The van der Waals surface area contributed by atoms with Crippen molar-refractivity contribution in [3.63, 3.8) is 0 Å². The highest BCUT2D eigenvalue weighted by atomic mass is 19.1. The van der Waals surface area contributed by atoms with Gasteiger partial charge in [0.25, 0.3) is 5.91 Å². The van der Waals surface area contributed by atoms with Crippen molar-refractivity contribution in [2.75, 3.05) is 11.4 Å². The van der Waals surface area contributed by atoms with Gasteiger partial charge in [0.1, 0.15) is 11.5 Å². The standard InChI is InChI=1S/C20H18FN3O2/c1-23-17-5-3-2-4-13(17)10-18(23)20(26)22-15-11-19(25)24(12-15)16-8-6-14(21)7-9-16/h2-10,15H,11-12H2,1H3,(H,22,26)/t15-/m1/s1. The molecule has 0 bridgehead atoms. The van der Waals surface area contributed by atoms with Gasteiger partial charge in [-0.05, 0) is 36.4 Å². The van der Waals surface area contributed by atoms with Crippen molar-refractivity contribution in [3.8, 4) is 0 Å². The summed E-state index contributed by atoms with van der Waals surface area (Å²) in [6.07, 6.45) is 0.229. The molecule has 1 saturated heterocycles. The minimum atomic E-state index is -0.346. The molecular weight excluding hydrogens is 333 g/mol. The van der Waals surface area contributed by atoms with Gasteiger partial charge in [-0.2, -0.15) is 0 Å². The molecule has 1 aromatic heterocycles. The fourth-order valence-corrected chi connectivity index (χ4v) is 3.44. The second-order valence-electron chi connectivity index (χ2n) is 6.50. The van der Waals surface area contributed by atoms with Crippen LogP contribution in [0.5, 0.6) is 0 Å².